The lowest BCUT2D eigenvalue weighted by Gasteiger charge is -2.10. The molecule has 2 N–H and O–H groups in total. The van der Waals surface area contributed by atoms with Crippen LogP contribution in [0.15, 0.2) is 54.9 Å². The fraction of sp³-hybridized carbons (Fsp3) is 0.174. The Kier molecular flexibility index (Phi) is 7.24. The summed E-state index contributed by atoms with van der Waals surface area (Å²) in [4.78, 5) is 0. The Labute approximate surface area is 212 Å². The van der Waals surface area contributed by atoms with E-state index >= 15 is 0 Å². The molecule has 4 rings (SSSR count). The number of rotatable bonds is 6. The molecule has 0 fully saturated rings. The molecule has 33 heavy (non-hydrogen) atoms. The van der Waals surface area contributed by atoms with E-state index < -0.39 is 0 Å². The van der Waals surface area contributed by atoms with Crippen molar-refractivity contribution >= 4 is 63.5 Å². The highest BCUT2D eigenvalue weighted by atomic mass is 35.5. The van der Waals surface area contributed by atoms with E-state index in [-0.39, 0.29) is 0 Å². The normalized spacial score (nSPS) is 10.9. The van der Waals surface area contributed by atoms with Gasteiger partial charge in [0.05, 0.1) is 52.1 Å². The van der Waals surface area contributed by atoms with Gasteiger partial charge in [0.2, 0.25) is 0 Å². The minimum atomic E-state index is 0.451. The summed E-state index contributed by atoms with van der Waals surface area (Å²) < 4.78 is 3.71. The van der Waals surface area contributed by atoms with E-state index in [4.69, 9.17) is 47.0 Å². The molecule has 4 aromatic rings. The molecule has 6 nitrogen and oxygen atoms in total. The predicted molar refractivity (Wildman–Crippen MR) is 140 cm³/mol. The topological polar surface area (TPSA) is 59.7 Å². The SMILES string of the molecule is Cc1nn(Cc2ccc(Cl)c(Cl)c2)c(C)c1NC(=S)Nc1cnn(Cc2ccccc2Cl)c1. The second-order valence-electron chi connectivity index (χ2n) is 7.55. The second-order valence-corrected chi connectivity index (χ2v) is 9.18. The fourth-order valence-corrected chi connectivity index (χ4v) is 4.17. The van der Waals surface area contributed by atoms with E-state index in [0.29, 0.717) is 33.3 Å². The summed E-state index contributed by atoms with van der Waals surface area (Å²) in [6, 6.07) is 13.3. The van der Waals surface area contributed by atoms with Gasteiger partial charge in [0.25, 0.3) is 0 Å². The van der Waals surface area contributed by atoms with Crippen LogP contribution in [0.25, 0.3) is 0 Å². The van der Waals surface area contributed by atoms with Crippen molar-refractivity contribution in [1.29, 1.82) is 0 Å². The Morgan fingerprint density at radius 2 is 1.76 bits per heavy atom. The van der Waals surface area contributed by atoms with Crippen LogP contribution in [-0.4, -0.2) is 24.7 Å². The largest absolute Gasteiger partial charge is 0.330 e. The molecule has 0 spiro atoms. The molecule has 0 saturated heterocycles. The molecule has 0 bridgehead atoms. The zero-order valence-corrected chi connectivity index (χ0v) is 21.0. The number of nitrogens with zero attached hydrogens (tertiary/aromatic N) is 4. The van der Waals surface area contributed by atoms with Crippen molar-refractivity contribution < 1.29 is 0 Å². The Balaban J connectivity index is 1.41. The zero-order chi connectivity index (χ0) is 23.5. The summed E-state index contributed by atoms with van der Waals surface area (Å²) in [6.45, 7) is 5.07. The number of thiocarbonyl (C=S) groups is 1. The highest BCUT2D eigenvalue weighted by Gasteiger charge is 2.14. The number of nitrogens with one attached hydrogen (secondary N) is 2. The van der Waals surface area contributed by atoms with E-state index in [2.05, 4.69) is 20.8 Å². The van der Waals surface area contributed by atoms with Crippen LogP contribution in [0.4, 0.5) is 11.4 Å². The first-order chi connectivity index (χ1) is 15.8. The maximum Gasteiger partial charge on any atom is 0.175 e. The monoisotopic (exact) mass is 518 g/mol. The molecule has 0 atom stereocenters. The molecule has 2 aromatic heterocycles. The van der Waals surface area contributed by atoms with E-state index in [1.165, 1.54) is 0 Å². The van der Waals surface area contributed by atoms with Crippen molar-refractivity contribution in [2.24, 2.45) is 0 Å². The molecule has 2 aromatic carbocycles. The molecule has 0 aliphatic carbocycles. The molecule has 0 amide bonds. The van der Waals surface area contributed by atoms with Gasteiger partial charge in [0, 0.05) is 11.2 Å². The van der Waals surface area contributed by atoms with Gasteiger partial charge in [-0.15, -0.1) is 0 Å². The number of aryl methyl sites for hydroxylation is 1. The summed E-state index contributed by atoms with van der Waals surface area (Å²) in [5.41, 5.74) is 5.43. The number of anilines is 2. The van der Waals surface area contributed by atoms with E-state index in [0.717, 1.165) is 33.9 Å². The summed E-state index contributed by atoms with van der Waals surface area (Å²) in [7, 11) is 0. The molecule has 0 aliphatic rings. The summed E-state index contributed by atoms with van der Waals surface area (Å²) in [5.74, 6) is 0. The van der Waals surface area contributed by atoms with E-state index in [1.54, 1.807) is 16.9 Å². The van der Waals surface area contributed by atoms with Crippen LogP contribution in [0.3, 0.4) is 0 Å². The van der Waals surface area contributed by atoms with Gasteiger partial charge < -0.3 is 10.6 Å². The third kappa shape index (κ3) is 5.68. The van der Waals surface area contributed by atoms with E-state index in [1.807, 2.05) is 61.1 Å². The lowest BCUT2D eigenvalue weighted by Crippen LogP contribution is -2.19. The van der Waals surface area contributed by atoms with Gasteiger partial charge in [-0.3, -0.25) is 9.36 Å². The molecule has 0 radical (unpaired) electrons. The maximum atomic E-state index is 6.24. The van der Waals surface area contributed by atoms with Crippen LogP contribution in [0.1, 0.15) is 22.5 Å². The number of halogens is 3. The zero-order valence-electron chi connectivity index (χ0n) is 17.9. The lowest BCUT2D eigenvalue weighted by atomic mass is 10.2. The van der Waals surface area contributed by atoms with Gasteiger partial charge in [-0.05, 0) is 55.4 Å². The average molecular weight is 520 g/mol. The van der Waals surface area contributed by atoms with Crippen LogP contribution in [0, 0.1) is 13.8 Å². The second kappa shape index (κ2) is 10.1. The number of benzene rings is 2. The minimum absolute atomic E-state index is 0.451. The molecular weight excluding hydrogens is 499 g/mol. The predicted octanol–water partition coefficient (Wildman–Crippen LogP) is 6.56. The van der Waals surface area contributed by atoms with Crippen molar-refractivity contribution in [3.63, 3.8) is 0 Å². The van der Waals surface area contributed by atoms with Gasteiger partial charge in [-0.25, -0.2) is 0 Å². The molecule has 2 heterocycles. The third-order valence-electron chi connectivity index (χ3n) is 5.12. The van der Waals surface area contributed by atoms with Crippen LogP contribution in [0.5, 0.6) is 0 Å². The first kappa shape index (κ1) is 23.6. The summed E-state index contributed by atoms with van der Waals surface area (Å²) in [5, 5.41) is 17.7. The van der Waals surface area contributed by atoms with Gasteiger partial charge in [0.1, 0.15) is 0 Å². The Hall–Kier alpha value is -2.58. The fourth-order valence-electron chi connectivity index (χ4n) is 3.43. The highest BCUT2D eigenvalue weighted by molar-refractivity contribution is 7.80. The highest BCUT2D eigenvalue weighted by Crippen LogP contribution is 2.25. The first-order valence-electron chi connectivity index (χ1n) is 10.1. The smallest absolute Gasteiger partial charge is 0.175 e. The lowest BCUT2D eigenvalue weighted by molar-refractivity contribution is 0.659. The molecule has 170 valence electrons. The molecule has 10 heteroatoms. The van der Waals surface area contributed by atoms with Crippen LogP contribution >= 0.6 is 47.0 Å². The van der Waals surface area contributed by atoms with Gasteiger partial charge >= 0.3 is 0 Å². The van der Waals surface area contributed by atoms with Crippen molar-refractivity contribution in [3.8, 4) is 0 Å². The van der Waals surface area contributed by atoms with Crippen molar-refractivity contribution in [2.75, 3.05) is 10.6 Å². The Morgan fingerprint density at radius 3 is 2.52 bits per heavy atom. The number of hydrogen-bond acceptors (Lipinski definition) is 3. The molecule has 0 unspecified atom stereocenters. The quantitative estimate of drug-likeness (QED) is 0.282. The van der Waals surface area contributed by atoms with Crippen molar-refractivity contribution in [3.05, 3.63) is 92.4 Å². The van der Waals surface area contributed by atoms with Crippen molar-refractivity contribution in [2.45, 2.75) is 26.9 Å². The summed E-state index contributed by atoms with van der Waals surface area (Å²) in [6.07, 6.45) is 3.60. The molecule has 0 saturated carbocycles. The number of aromatic nitrogens is 4. The minimum Gasteiger partial charge on any atom is -0.330 e. The Bertz CT molecular complexity index is 1310. The van der Waals surface area contributed by atoms with Gasteiger partial charge in [-0.1, -0.05) is 59.1 Å². The van der Waals surface area contributed by atoms with Gasteiger partial charge in [-0.2, -0.15) is 10.2 Å². The van der Waals surface area contributed by atoms with Gasteiger partial charge in [0.15, 0.2) is 5.11 Å². The molecule has 0 aliphatic heterocycles. The Morgan fingerprint density at radius 1 is 0.970 bits per heavy atom. The van der Waals surface area contributed by atoms with Crippen LogP contribution < -0.4 is 10.6 Å². The summed E-state index contributed by atoms with van der Waals surface area (Å²) >= 11 is 23.9. The first-order valence-corrected chi connectivity index (χ1v) is 11.7. The maximum absolute atomic E-state index is 6.24. The van der Waals surface area contributed by atoms with Crippen LogP contribution in [-0.2, 0) is 13.1 Å². The standard InChI is InChI=1S/C23H21Cl3N6S/c1-14-22(15(2)32(30-14)11-16-7-8-20(25)21(26)9-16)29-23(33)28-18-10-27-31(13-18)12-17-5-3-4-6-19(17)24/h3-10,13H,11-12H2,1-2H3,(H2,28,29,33). The third-order valence-corrected chi connectivity index (χ3v) is 6.43. The molecular formula is C23H21Cl3N6S. The number of hydrogen-bond donors (Lipinski definition) is 2. The van der Waals surface area contributed by atoms with E-state index in [9.17, 15) is 0 Å². The average Bonchev–Trinajstić information content (AvgIpc) is 3.31. The van der Waals surface area contributed by atoms with Crippen molar-refractivity contribution in [1.82, 2.24) is 19.6 Å². The van der Waals surface area contributed by atoms with Crippen LogP contribution in [0.2, 0.25) is 15.1 Å².